The van der Waals surface area contributed by atoms with E-state index in [0.29, 0.717) is 11.6 Å². The average Bonchev–Trinajstić information content (AvgIpc) is 2.70. The predicted molar refractivity (Wildman–Crippen MR) is 66.8 cm³/mol. The normalized spacial score (nSPS) is 10.9. The van der Waals surface area contributed by atoms with Crippen LogP contribution in [0.15, 0.2) is 27.7 Å². The standard InChI is InChI=1S/C10H12N4S2/c1-6(2)8-13-10(16-14-8)15-9-7(11)4-3-5-12-9/h3-6H,11H2,1-2H3. The van der Waals surface area contributed by atoms with Crippen LogP contribution in [0.2, 0.25) is 0 Å². The smallest absolute Gasteiger partial charge is 0.176 e. The Hall–Kier alpha value is -1.14. The summed E-state index contributed by atoms with van der Waals surface area (Å²) in [6, 6.07) is 3.65. The molecule has 0 aliphatic carbocycles. The molecule has 2 N–H and O–H groups in total. The molecule has 0 spiro atoms. The van der Waals surface area contributed by atoms with Crippen LogP contribution in [-0.4, -0.2) is 14.3 Å². The molecule has 0 fully saturated rings. The van der Waals surface area contributed by atoms with Crippen molar-refractivity contribution in [3.8, 4) is 0 Å². The highest BCUT2D eigenvalue weighted by molar-refractivity contribution is 8.01. The van der Waals surface area contributed by atoms with Crippen LogP contribution in [0.4, 0.5) is 5.69 Å². The van der Waals surface area contributed by atoms with Crippen molar-refractivity contribution in [3.05, 3.63) is 24.2 Å². The summed E-state index contributed by atoms with van der Waals surface area (Å²) in [6.45, 7) is 4.15. The molecule has 0 atom stereocenters. The van der Waals surface area contributed by atoms with Crippen LogP contribution < -0.4 is 5.73 Å². The molecule has 0 saturated heterocycles. The van der Waals surface area contributed by atoms with Gasteiger partial charge < -0.3 is 5.73 Å². The van der Waals surface area contributed by atoms with Gasteiger partial charge in [-0.2, -0.15) is 4.37 Å². The molecule has 2 aromatic heterocycles. The molecule has 0 unspecified atom stereocenters. The first-order valence-corrected chi connectivity index (χ1v) is 6.47. The minimum atomic E-state index is 0.353. The van der Waals surface area contributed by atoms with Crippen molar-refractivity contribution in [1.29, 1.82) is 0 Å². The number of aromatic nitrogens is 3. The van der Waals surface area contributed by atoms with Crippen molar-refractivity contribution in [1.82, 2.24) is 14.3 Å². The first-order valence-electron chi connectivity index (χ1n) is 4.88. The highest BCUT2D eigenvalue weighted by Gasteiger charge is 2.10. The van der Waals surface area contributed by atoms with Gasteiger partial charge in [-0.3, -0.25) is 0 Å². The van der Waals surface area contributed by atoms with Gasteiger partial charge in [-0.15, -0.1) is 0 Å². The molecule has 0 aromatic carbocycles. The largest absolute Gasteiger partial charge is 0.397 e. The lowest BCUT2D eigenvalue weighted by atomic mass is 10.2. The Balaban J connectivity index is 2.18. The summed E-state index contributed by atoms with van der Waals surface area (Å²) in [4.78, 5) is 8.63. The van der Waals surface area contributed by atoms with Crippen LogP contribution in [0.3, 0.4) is 0 Å². The van der Waals surface area contributed by atoms with E-state index in [2.05, 4.69) is 28.2 Å². The van der Waals surface area contributed by atoms with Gasteiger partial charge in [-0.1, -0.05) is 13.8 Å². The van der Waals surface area contributed by atoms with Crippen LogP contribution in [-0.2, 0) is 0 Å². The molecular formula is C10H12N4S2. The lowest BCUT2D eigenvalue weighted by molar-refractivity contribution is 0.789. The Labute approximate surface area is 102 Å². The van der Waals surface area contributed by atoms with E-state index in [-0.39, 0.29) is 0 Å². The van der Waals surface area contributed by atoms with E-state index in [9.17, 15) is 0 Å². The summed E-state index contributed by atoms with van der Waals surface area (Å²) in [5.41, 5.74) is 6.48. The highest BCUT2D eigenvalue weighted by atomic mass is 32.2. The summed E-state index contributed by atoms with van der Waals surface area (Å²) in [6.07, 6.45) is 1.73. The fourth-order valence-corrected chi connectivity index (χ4v) is 2.73. The zero-order chi connectivity index (χ0) is 11.5. The SMILES string of the molecule is CC(C)c1nsc(Sc2ncccc2N)n1. The van der Waals surface area contributed by atoms with Gasteiger partial charge in [0.1, 0.15) is 10.9 Å². The Morgan fingerprint density at radius 3 is 2.88 bits per heavy atom. The first-order chi connectivity index (χ1) is 7.66. The number of nitrogens with two attached hydrogens (primary N) is 1. The molecule has 2 aromatic rings. The molecule has 84 valence electrons. The third kappa shape index (κ3) is 2.51. The Morgan fingerprint density at radius 2 is 2.25 bits per heavy atom. The zero-order valence-corrected chi connectivity index (χ0v) is 10.7. The van der Waals surface area contributed by atoms with Crippen molar-refractivity contribution >= 4 is 29.0 Å². The Morgan fingerprint density at radius 1 is 1.44 bits per heavy atom. The molecule has 0 aliphatic heterocycles. The third-order valence-corrected chi connectivity index (χ3v) is 3.72. The summed E-state index contributed by atoms with van der Waals surface area (Å²) in [7, 11) is 0. The average molecular weight is 252 g/mol. The van der Waals surface area contributed by atoms with E-state index in [4.69, 9.17) is 5.73 Å². The van der Waals surface area contributed by atoms with Crippen molar-refractivity contribution in [2.45, 2.75) is 29.1 Å². The van der Waals surface area contributed by atoms with Crippen molar-refractivity contribution in [2.75, 3.05) is 5.73 Å². The zero-order valence-electron chi connectivity index (χ0n) is 9.04. The van der Waals surface area contributed by atoms with Gasteiger partial charge in [0, 0.05) is 12.1 Å². The third-order valence-electron chi connectivity index (χ3n) is 1.92. The lowest BCUT2D eigenvalue weighted by Crippen LogP contribution is -1.91. The van der Waals surface area contributed by atoms with Gasteiger partial charge in [-0.25, -0.2) is 9.97 Å². The first kappa shape index (κ1) is 11.3. The number of anilines is 1. The quantitative estimate of drug-likeness (QED) is 0.910. The Kier molecular flexibility index (Phi) is 3.40. The fraction of sp³-hybridized carbons (Fsp3) is 0.300. The summed E-state index contributed by atoms with van der Waals surface area (Å²) < 4.78 is 5.17. The van der Waals surface area contributed by atoms with E-state index in [1.807, 2.05) is 12.1 Å². The minimum Gasteiger partial charge on any atom is -0.397 e. The van der Waals surface area contributed by atoms with Crippen molar-refractivity contribution < 1.29 is 0 Å². The van der Waals surface area contributed by atoms with E-state index >= 15 is 0 Å². The maximum absolute atomic E-state index is 5.81. The molecular weight excluding hydrogens is 240 g/mol. The number of nitrogen functional groups attached to an aromatic ring is 1. The second kappa shape index (κ2) is 4.80. The molecule has 2 heterocycles. The molecule has 0 radical (unpaired) electrons. The molecule has 2 rings (SSSR count). The van der Waals surface area contributed by atoms with E-state index in [0.717, 1.165) is 15.2 Å². The molecule has 4 nitrogen and oxygen atoms in total. The molecule has 0 amide bonds. The second-order valence-corrected chi connectivity index (χ2v) is 5.56. The number of hydrogen-bond acceptors (Lipinski definition) is 6. The van der Waals surface area contributed by atoms with Crippen molar-refractivity contribution in [3.63, 3.8) is 0 Å². The van der Waals surface area contributed by atoms with Crippen LogP contribution in [0.25, 0.3) is 0 Å². The van der Waals surface area contributed by atoms with Gasteiger partial charge in [0.2, 0.25) is 0 Å². The number of hydrogen-bond donors (Lipinski definition) is 1. The van der Waals surface area contributed by atoms with Crippen LogP contribution in [0.5, 0.6) is 0 Å². The fourth-order valence-electron chi connectivity index (χ4n) is 1.07. The second-order valence-electron chi connectivity index (χ2n) is 3.57. The summed E-state index contributed by atoms with van der Waals surface area (Å²) in [5, 5.41) is 0.786. The molecule has 16 heavy (non-hydrogen) atoms. The van der Waals surface area contributed by atoms with Crippen molar-refractivity contribution in [2.24, 2.45) is 0 Å². The van der Waals surface area contributed by atoms with Gasteiger partial charge in [0.05, 0.1) is 5.69 Å². The van der Waals surface area contributed by atoms with E-state index in [1.54, 1.807) is 6.20 Å². The van der Waals surface area contributed by atoms with E-state index < -0.39 is 0 Å². The summed E-state index contributed by atoms with van der Waals surface area (Å²) >= 11 is 2.85. The molecule has 0 bridgehead atoms. The van der Waals surface area contributed by atoms with Gasteiger partial charge in [-0.05, 0) is 35.4 Å². The topological polar surface area (TPSA) is 64.7 Å². The van der Waals surface area contributed by atoms with Gasteiger partial charge >= 0.3 is 0 Å². The minimum absolute atomic E-state index is 0.353. The molecule has 0 aliphatic rings. The maximum Gasteiger partial charge on any atom is 0.176 e. The maximum atomic E-state index is 5.81. The van der Waals surface area contributed by atoms with E-state index in [1.165, 1.54) is 23.3 Å². The summed E-state index contributed by atoms with van der Waals surface area (Å²) in [5.74, 6) is 1.23. The van der Waals surface area contributed by atoms with Gasteiger partial charge in [0.15, 0.2) is 4.34 Å². The monoisotopic (exact) mass is 252 g/mol. The van der Waals surface area contributed by atoms with Crippen LogP contribution in [0.1, 0.15) is 25.6 Å². The van der Waals surface area contributed by atoms with Crippen LogP contribution >= 0.6 is 23.3 Å². The Bertz CT molecular complexity index is 481. The predicted octanol–water partition coefficient (Wildman–Crippen LogP) is 2.79. The number of pyridine rings is 1. The number of rotatable bonds is 3. The van der Waals surface area contributed by atoms with Gasteiger partial charge in [0.25, 0.3) is 0 Å². The molecule has 6 heteroatoms. The highest BCUT2D eigenvalue weighted by Crippen LogP contribution is 2.31. The number of nitrogens with zero attached hydrogens (tertiary/aromatic N) is 3. The molecule has 0 saturated carbocycles. The lowest BCUT2D eigenvalue weighted by Gasteiger charge is -1.99. The van der Waals surface area contributed by atoms with Crippen LogP contribution in [0, 0.1) is 0 Å².